The number of halogens is 1. The van der Waals surface area contributed by atoms with Crippen LogP contribution in [0.25, 0.3) is 0 Å². The molecule has 0 radical (unpaired) electrons. The maximum Gasteiger partial charge on any atom is 0.0802 e. The van der Waals surface area contributed by atoms with Gasteiger partial charge in [-0.15, -0.1) is 0 Å². The van der Waals surface area contributed by atoms with E-state index in [2.05, 4.69) is 25.7 Å². The van der Waals surface area contributed by atoms with E-state index in [-0.39, 0.29) is 11.7 Å². The molecule has 1 heterocycles. The Morgan fingerprint density at radius 2 is 2.25 bits per heavy atom. The summed E-state index contributed by atoms with van der Waals surface area (Å²) in [5.41, 5.74) is 0.775. The van der Waals surface area contributed by atoms with Crippen molar-refractivity contribution in [3.63, 3.8) is 0 Å². The fraction of sp³-hybridized carbons (Fsp3) is 0.625. The lowest BCUT2D eigenvalue weighted by molar-refractivity contribution is -0.130. The van der Waals surface area contributed by atoms with Crippen LogP contribution in [-0.2, 0) is 4.74 Å². The molecule has 1 aliphatic rings. The third-order valence-corrected chi connectivity index (χ3v) is 3.83. The molecule has 1 fully saturated rings. The molecule has 0 amide bonds. The second-order valence-corrected chi connectivity index (χ2v) is 6.72. The standard InChI is InChI=1S/C16H24ClNO2/c1-12-10-18(11-16(2,3)20-12)8-7-15(19)13-5-4-6-14(17)9-13/h4-6,9,12,15,19H,7-8,10-11H2,1-3H3. The van der Waals surface area contributed by atoms with Crippen LogP contribution in [0.2, 0.25) is 5.02 Å². The van der Waals surface area contributed by atoms with E-state index in [9.17, 15) is 5.11 Å². The molecule has 4 heteroatoms. The lowest BCUT2D eigenvalue weighted by atomic mass is 10.0. The zero-order valence-corrected chi connectivity index (χ0v) is 13.2. The first-order valence-electron chi connectivity index (χ1n) is 7.19. The molecule has 0 saturated carbocycles. The van der Waals surface area contributed by atoms with Gasteiger partial charge >= 0.3 is 0 Å². The van der Waals surface area contributed by atoms with Crippen LogP contribution in [0, 0.1) is 0 Å². The van der Waals surface area contributed by atoms with Crippen molar-refractivity contribution in [1.82, 2.24) is 4.90 Å². The number of nitrogens with zero attached hydrogens (tertiary/aromatic N) is 1. The van der Waals surface area contributed by atoms with Gasteiger partial charge in [-0.25, -0.2) is 0 Å². The first kappa shape index (κ1) is 15.8. The van der Waals surface area contributed by atoms with Crippen molar-refractivity contribution < 1.29 is 9.84 Å². The van der Waals surface area contributed by atoms with Crippen LogP contribution in [0.3, 0.4) is 0 Å². The van der Waals surface area contributed by atoms with Crippen molar-refractivity contribution in [2.75, 3.05) is 19.6 Å². The summed E-state index contributed by atoms with van der Waals surface area (Å²) in [6, 6.07) is 7.45. The average Bonchev–Trinajstić information content (AvgIpc) is 2.33. The predicted molar refractivity (Wildman–Crippen MR) is 82.1 cm³/mol. The van der Waals surface area contributed by atoms with Crippen LogP contribution in [0.15, 0.2) is 24.3 Å². The first-order valence-corrected chi connectivity index (χ1v) is 7.57. The van der Waals surface area contributed by atoms with Crippen LogP contribution in [0.5, 0.6) is 0 Å². The zero-order valence-electron chi connectivity index (χ0n) is 12.5. The predicted octanol–water partition coefficient (Wildman–Crippen LogP) is 3.26. The number of aliphatic hydroxyl groups excluding tert-OH is 1. The Hall–Kier alpha value is -0.610. The summed E-state index contributed by atoms with van der Waals surface area (Å²) in [7, 11) is 0. The van der Waals surface area contributed by atoms with Gasteiger partial charge in [0.05, 0.1) is 17.8 Å². The molecular formula is C16H24ClNO2. The zero-order chi connectivity index (χ0) is 14.8. The van der Waals surface area contributed by atoms with Gasteiger partial charge in [-0.1, -0.05) is 23.7 Å². The lowest BCUT2D eigenvalue weighted by Gasteiger charge is -2.42. The van der Waals surface area contributed by atoms with Crippen molar-refractivity contribution in [3.8, 4) is 0 Å². The molecule has 112 valence electrons. The molecular weight excluding hydrogens is 274 g/mol. The van der Waals surface area contributed by atoms with Crippen molar-refractivity contribution in [2.45, 2.75) is 45.0 Å². The third kappa shape index (κ3) is 4.45. The minimum absolute atomic E-state index is 0.112. The Balaban J connectivity index is 1.88. The summed E-state index contributed by atoms with van der Waals surface area (Å²) in [5, 5.41) is 10.9. The maximum absolute atomic E-state index is 10.3. The Morgan fingerprint density at radius 3 is 2.90 bits per heavy atom. The number of ether oxygens (including phenoxy) is 1. The molecule has 0 aliphatic carbocycles. The second kappa shape index (κ2) is 6.44. The Labute approximate surface area is 126 Å². The van der Waals surface area contributed by atoms with E-state index in [1.807, 2.05) is 24.3 Å². The van der Waals surface area contributed by atoms with Crippen LogP contribution in [0.4, 0.5) is 0 Å². The van der Waals surface area contributed by atoms with Gasteiger partial charge < -0.3 is 9.84 Å². The Kier molecular flexibility index (Phi) is 5.08. The van der Waals surface area contributed by atoms with Gasteiger partial charge in [0, 0.05) is 24.7 Å². The number of hydrogen-bond acceptors (Lipinski definition) is 3. The molecule has 3 nitrogen and oxygen atoms in total. The van der Waals surface area contributed by atoms with E-state index in [4.69, 9.17) is 16.3 Å². The molecule has 2 unspecified atom stereocenters. The van der Waals surface area contributed by atoms with E-state index < -0.39 is 6.10 Å². The van der Waals surface area contributed by atoms with E-state index in [1.54, 1.807) is 0 Å². The molecule has 1 aromatic rings. The van der Waals surface area contributed by atoms with Gasteiger partial charge in [0.1, 0.15) is 0 Å². The van der Waals surface area contributed by atoms with Crippen molar-refractivity contribution in [1.29, 1.82) is 0 Å². The van der Waals surface area contributed by atoms with Crippen LogP contribution in [0.1, 0.15) is 38.9 Å². The van der Waals surface area contributed by atoms with E-state index >= 15 is 0 Å². The molecule has 1 saturated heterocycles. The molecule has 0 bridgehead atoms. The van der Waals surface area contributed by atoms with Crippen molar-refractivity contribution in [2.24, 2.45) is 0 Å². The van der Waals surface area contributed by atoms with E-state index in [1.165, 1.54) is 0 Å². The van der Waals surface area contributed by atoms with E-state index in [0.29, 0.717) is 11.4 Å². The smallest absolute Gasteiger partial charge is 0.0802 e. The van der Waals surface area contributed by atoms with Gasteiger partial charge in [0.25, 0.3) is 0 Å². The Morgan fingerprint density at radius 1 is 1.50 bits per heavy atom. The Bertz CT molecular complexity index is 450. The van der Waals surface area contributed by atoms with Crippen molar-refractivity contribution >= 4 is 11.6 Å². The van der Waals surface area contributed by atoms with Crippen LogP contribution < -0.4 is 0 Å². The maximum atomic E-state index is 10.3. The highest BCUT2D eigenvalue weighted by Crippen LogP contribution is 2.24. The topological polar surface area (TPSA) is 32.7 Å². The molecule has 2 atom stereocenters. The highest BCUT2D eigenvalue weighted by Gasteiger charge is 2.31. The minimum atomic E-state index is -0.463. The van der Waals surface area contributed by atoms with Crippen LogP contribution in [-0.4, -0.2) is 41.3 Å². The number of morpholine rings is 1. The third-order valence-electron chi connectivity index (χ3n) is 3.59. The van der Waals surface area contributed by atoms with Crippen LogP contribution >= 0.6 is 11.6 Å². The fourth-order valence-corrected chi connectivity index (χ4v) is 3.14. The number of hydrogen-bond donors (Lipinski definition) is 1. The minimum Gasteiger partial charge on any atom is -0.388 e. The number of rotatable bonds is 4. The number of aliphatic hydroxyl groups is 1. The molecule has 1 aliphatic heterocycles. The molecule has 1 N–H and O–H groups in total. The lowest BCUT2D eigenvalue weighted by Crippen LogP contribution is -2.52. The summed E-state index contributed by atoms with van der Waals surface area (Å²) in [6.45, 7) is 9.02. The normalized spacial score (nSPS) is 24.6. The van der Waals surface area contributed by atoms with Gasteiger partial charge in [-0.05, 0) is 44.9 Å². The highest BCUT2D eigenvalue weighted by atomic mass is 35.5. The van der Waals surface area contributed by atoms with E-state index in [0.717, 1.165) is 25.2 Å². The summed E-state index contributed by atoms with van der Waals surface area (Å²) in [6.07, 6.45) is 0.486. The first-order chi connectivity index (χ1) is 9.35. The quantitative estimate of drug-likeness (QED) is 0.926. The van der Waals surface area contributed by atoms with Gasteiger partial charge in [-0.3, -0.25) is 4.90 Å². The summed E-state index contributed by atoms with van der Waals surface area (Å²) in [4.78, 5) is 2.36. The summed E-state index contributed by atoms with van der Waals surface area (Å²) >= 11 is 5.96. The number of benzene rings is 1. The molecule has 20 heavy (non-hydrogen) atoms. The van der Waals surface area contributed by atoms with Gasteiger partial charge in [0.2, 0.25) is 0 Å². The molecule has 0 aromatic heterocycles. The van der Waals surface area contributed by atoms with Gasteiger partial charge in [-0.2, -0.15) is 0 Å². The summed E-state index contributed by atoms with van der Waals surface area (Å²) in [5.74, 6) is 0. The SMILES string of the molecule is CC1CN(CCC(O)c2cccc(Cl)c2)CC(C)(C)O1. The van der Waals surface area contributed by atoms with Crippen molar-refractivity contribution in [3.05, 3.63) is 34.9 Å². The molecule has 0 spiro atoms. The monoisotopic (exact) mass is 297 g/mol. The summed E-state index contributed by atoms with van der Waals surface area (Å²) < 4.78 is 5.89. The highest BCUT2D eigenvalue weighted by molar-refractivity contribution is 6.30. The average molecular weight is 298 g/mol. The molecule has 1 aromatic carbocycles. The fourth-order valence-electron chi connectivity index (χ4n) is 2.94. The van der Waals surface area contributed by atoms with Gasteiger partial charge in [0.15, 0.2) is 0 Å². The molecule has 2 rings (SSSR count). The second-order valence-electron chi connectivity index (χ2n) is 6.28. The largest absolute Gasteiger partial charge is 0.388 e.